The van der Waals surface area contributed by atoms with Crippen molar-refractivity contribution in [2.45, 2.75) is 0 Å². The number of pyridine rings is 2. The van der Waals surface area contributed by atoms with Crippen LogP contribution in [0, 0.1) is 0 Å². The van der Waals surface area contributed by atoms with Crippen LogP contribution in [-0.2, 0) is 0 Å². The van der Waals surface area contributed by atoms with Crippen LogP contribution in [0.4, 0.5) is 0 Å². The number of carbonyl (C=O) groups excluding carboxylic acids is 2. The zero-order valence-corrected chi connectivity index (χ0v) is 9.99. The lowest BCUT2D eigenvalue weighted by atomic mass is 10.1. The van der Waals surface area contributed by atoms with E-state index in [4.69, 9.17) is 0 Å². The monoisotopic (exact) mass is 266 g/mol. The van der Waals surface area contributed by atoms with Crippen LogP contribution in [0.25, 0.3) is 21.8 Å². The minimum Gasteiger partial charge on any atom is -0.543 e. The molecule has 0 aliphatic rings. The van der Waals surface area contributed by atoms with Gasteiger partial charge in [-0.25, -0.2) is 9.97 Å². The van der Waals surface area contributed by atoms with Crippen LogP contribution in [0.1, 0.15) is 21.0 Å². The number of rotatable bonds is 2. The number of fused-ring (bicyclic) bond motifs is 3. The van der Waals surface area contributed by atoms with Gasteiger partial charge in [0.05, 0.1) is 34.4 Å². The maximum absolute atomic E-state index is 10.9. The van der Waals surface area contributed by atoms with Crippen LogP contribution in [-0.4, -0.2) is 21.9 Å². The molecule has 0 atom stereocenters. The summed E-state index contributed by atoms with van der Waals surface area (Å²) in [6.07, 6.45) is 0. The highest BCUT2D eigenvalue weighted by molar-refractivity contribution is 6.05. The first-order chi connectivity index (χ1) is 9.56. The van der Waals surface area contributed by atoms with E-state index in [1.54, 1.807) is 24.3 Å². The summed E-state index contributed by atoms with van der Waals surface area (Å²) in [5, 5.41) is 23.0. The number of carbonyl (C=O) groups is 2. The fourth-order valence-corrected chi connectivity index (χ4v) is 2.00. The van der Waals surface area contributed by atoms with Crippen molar-refractivity contribution in [3.05, 3.63) is 47.8 Å². The first-order valence-electron chi connectivity index (χ1n) is 5.69. The molecule has 0 radical (unpaired) electrons. The SMILES string of the molecule is O=C([O-])c1ccc2ccc3ccc(C(=O)[O-])nc3c2n1. The number of hydrogen-bond acceptors (Lipinski definition) is 6. The molecule has 0 unspecified atom stereocenters. The summed E-state index contributed by atoms with van der Waals surface area (Å²) in [6.45, 7) is 0. The molecule has 3 aromatic rings. The van der Waals surface area contributed by atoms with Gasteiger partial charge in [-0.3, -0.25) is 0 Å². The molecule has 1 aromatic carbocycles. The molecule has 0 saturated carbocycles. The fraction of sp³-hybridized carbons (Fsp3) is 0. The predicted octanol–water partition coefficient (Wildman–Crippen LogP) is -0.490. The van der Waals surface area contributed by atoms with E-state index in [2.05, 4.69) is 9.97 Å². The zero-order valence-electron chi connectivity index (χ0n) is 9.99. The first-order valence-corrected chi connectivity index (χ1v) is 5.69. The molecule has 0 N–H and O–H groups in total. The number of carboxylic acids is 2. The molecule has 20 heavy (non-hydrogen) atoms. The number of hydrogen-bond donors (Lipinski definition) is 0. The molecule has 0 amide bonds. The molecule has 0 aliphatic carbocycles. The average molecular weight is 266 g/mol. The van der Waals surface area contributed by atoms with Gasteiger partial charge in [-0.15, -0.1) is 0 Å². The lowest BCUT2D eigenvalue weighted by Crippen LogP contribution is -2.24. The summed E-state index contributed by atoms with van der Waals surface area (Å²) >= 11 is 0. The minimum atomic E-state index is -1.40. The Kier molecular flexibility index (Phi) is 2.57. The van der Waals surface area contributed by atoms with Gasteiger partial charge in [-0.1, -0.05) is 24.3 Å². The molecular formula is C14H6N2O4-2. The Morgan fingerprint density at radius 2 is 1.05 bits per heavy atom. The molecule has 2 heterocycles. The molecule has 2 aromatic heterocycles. The van der Waals surface area contributed by atoms with Crippen LogP contribution in [0.3, 0.4) is 0 Å². The standard InChI is InChI=1S/C14H8N2O4/c17-13(18)9-5-3-7-1-2-8-4-6-10(14(19)20)16-12(8)11(7)15-9/h1-6H,(H,17,18)(H,19,20)/p-2. The lowest BCUT2D eigenvalue weighted by Gasteiger charge is -2.08. The number of carboxylic acid groups (broad SMARTS) is 2. The third-order valence-electron chi connectivity index (χ3n) is 2.94. The predicted molar refractivity (Wildman–Crippen MR) is 65.7 cm³/mol. The highest BCUT2D eigenvalue weighted by Crippen LogP contribution is 2.22. The van der Waals surface area contributed by atoms with E-state index < -0.39 is 11.9 Å². The van der Waals surface area contributed by atoms with Crippen LogP contribution >= 0.6 is 0 Å². The van der Waals surface area contributed by atoms with E-state index in [-0.39, 0.29) is 11.4 Å². The summed E-state index contributed by atoms with van der Waals surface area (Å²) in [6, 6.07) is 9.30. The van der Waals surface area contributed by atoms with Crippen LogP contribution in [0.15, 0.2) is 36.4 Å². The Morgan fingerprint density at radius 3 is 1.40 bits per heavy atom. The van der Waals surface area contributed by atoms with Crippen molar-refractivity contribution in [2.24, 2.45) is 0 Å². The van der Waals surface area contributed by atoms with Crippen LogP contribution < -0.4 is 10.2 Å². The largest absolute Gasteiger partial charge is 0.543 e. The molecule has 0 aliphatic heterocycles. The van der Waals surface area contributed by atoms with E-state index in [0.29, 0.717) is 21.8 Å². The number of nitrogens with zero attached hydrogens (tertiary/aromatic N) is 2. The van der Waals surface area contributed by atoms with Gasteiger partial charge in [0.25, 0.3) is 0 Å². The van der Waals surface area contributed by atoms with Crippen molar-refractivity contribution in [3.8, 4) is 0 Å². The van der Waals surface area contributed by atoms with Crippen molar-refractivity contribution in [1.29, 1.82) is 0 Å². The van der Waals surface area contributed by atoms with Gasteiger partial charge in [-0.05, 0) is 12.1 Å². The quantitative estimate of drug-likeness (QED) is 0.579. The van der Waals surface area contributed by atoms with Gasteiger partial charge in [0.1, 0.15) is 0 Å². The molecule has 0 bridgehead atoms. The van der Waals surface area contributed by atoms with E-state index in [0.717, 1.165) is 0 Å². The second kappa shape index (κ2) is 4.27. The highest BCUT2D eigenvalue weighted by atomic mass is 16.4. The Bertz CT molecular complexity index is 801. The number of benzene rings is 1. The number of aromatic nitrogens is 2. The van der Waals surface area contributed by atoms with E-state index in [1.807, 2.05) is 0 Å². The van der Waals surface area contributed by atoms with Crippen molar-refractivity contribution < 1.29 is 19.8 Å². The van der Waals surface area contributed by atoms with Gasteiger partial charge < -0.3 is 19.8 Å². The summed E-state index contributed by atoms with van der Waals surface area (Å²) in [5.41, 5.74) is 0.163. The highest BCUT2D eigenvalue weighted by Gasteiger charge is 2.07. The summed E-state index contributed by atoms with van der Waals surface area (Å²) < 4.78 is 0. The van der Waals surface area contributed by atoms with Gasteiger partial charge in [0.15, 0.2) is 0 Å². The molecule has 0 spiro atoms. The summed E-state index contributed by atoms with van der Waals surface area (Å²) in [5.74, 6) is -2.81. The van der Waals surface area contributed by atoms with Crippen LogP contribution in [0.5, 0.6) is 0 Å². The summed E-state index contributed by atoms with van der Waals surface area (Å²) in [7, 11) is 0. The Morgan fingerprint density at radius 1 is 0.700 bits per heavy atom. The topological polar surface area (TPSA) is 106 Å². The normalized spacial score (nSPS) is 10.8. The molecule has 6 nitrogen and oxygen atoms in total. The van der Waals surface area contributed by atoms with Gasteiger partial charge in [0.2, 0.25) is 0 Å². The average Bonchev–Trinajstić information content (AvgIpc) is 2.45. The molecular weight excluding hydrogens is 260 g/mol. The van der Waals surface area contributed by atoms with E-state index in [9.17, 15) is 19.8 Å². The van der Waals surface area contributed by atoms with Crippen molar-refractivity contribution in [3.63, 3.8) is 0 Å². The third kappa shape index (κ3) is 1.83. The molecule has 6 heteroatoms. The van der Waals surface area contributed by atoms with Crippen LogP contribution in [0.2, 0.25) is 0 Å². The second-order valence-electron chi connectivity index (χ2n) is 4.18. The van der Waals surface area contributed by atoms with E-state index >= 15 is 0 Å². The fourth-order valence-electron chi connectivity index (χ4n) is 2.00. The van der Waals surface area contributed by atoms with E-state index in [1.165, 1.54) is 12.1 Å². The molecule has 98 valence electrons. The van der Waals surface area contributed by atoms with Crippen molar-refractivity contribution in [2.75, 3.05) is 0 Å². The van der Waals surface area contributed by atoms with Gasteiger partial charge >= 0.3 is 0 Å². The number of aromatic carboxylic acids is 2. The van der Waals surface area contributed by atoms with Crippen molar-refractivity contribution in [1.82, 2.24) is 9.97 Å². The Hall–Kier alpha value is -3.02. The maximum Gasteiger partial charge on any atom is 0.0972 e. The third-order valence-corrected chi connectivity index (χ3v) is 2.94. The first kappa shape index (κ1) is 12.0. The lowest BCUT2D eigenvalue weighted by molar-refractivity contribution is -0.256. The second-order valence-corrected chi connectivity index (χ2v) is 4.18. The molecule has 3 rings (SSSR count). The van der Waals surface area contributed by atoms with Gasteiger partial charge in [0, 0.05) is 10.8 Å². The smallest absolute Gasteiger partial charge is 0.0972 e. The zero-order chi connectivity index (χ0) is 14.3. The Balaban J connectivity index is 2.41. The molecule has 0 saturated heterocycles. The van der Waals surface area contributed by atoms with Gasteiger partial charge in [-0.2, -0.15) is 0 Å². The Labute approximate surface area is 112 Å². The van der Waals surface area contributed by atoms with Crippen molar-refractivity contribution >= 4 is 33.7 Å². The minimum absolute atomic E-state index is 0.231. The maximum atomic E-state index is 10.9. The summed E-state index contributed by atoms with van der Waals surface area (Å²) in [4.78, 5) is 29.6. The molecule has 0 fully saturated rings.